The molecular weight excluding hydrogens is 306 g/mol. The van der Waals surface area contributed by atoms with Crippen LogP contribution in [-0.4, -0.2) is 5.91 Å². The van der Waals surface area contributed by atoms with Gasteiger partial charge in [-0.1, -0.05) is 28.1 Å². The number of benzene rings is 2. The van der Waals surface area contributed by atoms with E-state index in [0.29, 0.717) is 5.76 Å². The average molecular weight is 316 g/mol. The predicted molar refractivity (Wildman–Crippen MR) is 78.3 cm³/mol. The molecule has 0 aliphatic heterocycles. The number of rotatable bonds is 2. The highest BCUT2D eigenvalue weighted by Crippen LogP contribution is 2.23. The van der Waals surface area contributed by atoms with E-state index in [-0.39, 0.29) is 5.91 Å². The first kappa shape index (κ1) is 12.0. The van der Waals surface area contributed by atoms with Gasteiger partial charge in [0.15, 0.2) is 5.76 Å². The first-order valence-electron chi connectivity index (χ1n) is 5.76. The zero-order valence-corrected chi connectivity index (χ0v) is 11.5. The minimum Gasteiger partial charge on any atom is -0.459 e. The maximum Gasteiger partial charge on any atom is 0.291 e. The third-order valence-electron chi connectivity index (χ3n) is 2.81. The molecule has 3 rings (SSSR count). The molecule has 0 fully saturated rings. The van der Waals surface area contributed by atoms with E-state index in [1.165, 1.54) is 6.26 Å². The Morgan fingerprint density at radius 2 is 1.84 bits per heavy atom. The summed E-state index contributed by atoms with van der Waals surface area (Å²) in [5.41, 5.74) is 0.747. The van der Waals surface area contributed by atoms with E-state index in [1.807, 2.05) is 36.4 Å². The summed E-state index contributed by atoms with van der Waals surface area (Å²) in [6.07, 6.45) is 1.48. The summed E-state index contributed by atoms with van der Waals surface area (Å²) in [5, 5.41) is 4.99. The molecule has 0 aliphatic carbocycles. The summed E-state index contributed by atoms with van der Waals surface area (Å²) in [6.45, 7) is 0. The first-order valence-corrected chi connectivity index (χ1v) is 6.56. The predicted octanol–water partition coefficient (Wildman–Crippen LogP) is 4.45. The van der Waals surface area contributed by atoms with Gasteiger partial charge in [0.2, 0.25) is 0 Å². The lowest BCUT2D eigenvalue weighted by molar-refractivity contribution is 0.0996. The van der Waals surface area contributed by atoms with Crippen LogP contribution in [0.1, 0.15) is 10.6 Å². The number of carbonyl (C=O) groups is 1. The van der Waals surface area contributed by atoms with E-state index in [9.17, 15) is 4.79 Å². The van der Waals surface area contributed by atoms with Gasteiger partial charge in [-0.05, 0) is 47.2 Å². The van der Waals surface area contributed by atoms with Crippen molar-refractivity contribution in [3.8, 4) is 0 Å². The highest BCUT2D eigenvalue weighted by Gasteiger charge is 2.08. The van der Waals surface area contributed by atoms with E-state index >= 15 is 0 Å². The maximum absolute atomic E-state index is 11.9. The Balaban J connectivity index is 1.89. The topological polar surface area (TPSA) is 42.2 Å². The quantitative estimate of drug-likeness (QED) is 0.759. The molecule has 0 spiro atoms. The molecule has 0 saturated heterocycles. The van der Waals surface area contributed by atoms with Crippen molar-refractivity contribution in [2.75, 3.05) is 5.32 Å². The SMILES string of the molecule is O=C(Nc1ccc2cc(Br)ccc2c1)c1ccco1. The van der Waals surface area contributed by atoms with Gasteiger partial charge in [0.1, 0.15) is 0 Å². The molecule has 0 radical (unpaired) electrons. The van der Waals surface area contributed by atoms with Crippen LogP contribution in [0.5, 0.6) is 0 Å². The van der Waals surface area contributed by atoms with Crippen molar-refractivity contribution in [3.63, 3.8) is 0 Å². The van der Waals surface area contributed by atoms with Crippen molar-refractivity contribution >= 4 is 38.3 Å². The summed E-state index contributed by atoms with van der Waals surface area (Å²) in [7, 11) is 0. The molecule has 1 aromatic heterocycles. The number of halogens is 1. The molecule has 1 heterocycles. The minimum absolute atomic E-state index is 0.249. The molecule has 1 amide bonds. The van der Waals surface area contributed by atoms with Crippen molar-refractivity contribution < 1.29 is 9.21 Å². The van der Waals surface area contributed by atoms with Crippen molar-refractivity contribution in [1.82, 2.24) is 0 Å². The maximum atomic E-state index is 11.9. The third kappa shape index (κ3) is 2.53. The zero-order chi connectivity index (χ0) is 13.2. The van der Waals surface area contributed by atoms with Crippen LogP contribution in [0.25, 0.3) is 10.8 Å². The van der Waals surface area contributed by atoms with Crippen LogP contribution in [0.4, 0.5) is 5.69 Å². The van der Waals surface area contributed by atoms with Gasteiger partial charge in [0.05, 0.1) is 6.26 Å². The second-order valence-corrected chi connectivity index (χ2v) is 5.05. The van der Waals surface area contributed by atoms with E-state index < -0.39 is 0 Å². The monoisotopic (exact) mass is 315 g/mol. The van der Waals surface area contributed by atoms with Gasteiger partial charge < -0.3 is 9.73 Å². The molecular formula is C15H10BrNO2. The molecule has 2 aromatic carbocycles. The Hall–Kier alpha value is -2.07. The lowest BCUT2D eigenvalue weighted by atomic mass is 10.1. The largest absolute Gasteiger partial charge is 0.459 e. The van der Waals surface area contributed by atoms with Gasteiger partial charge in [-0.3, -0.25) is 4.79 Å². The molecule has 0 saturated carbocycles. The van der Waals surface area contributed by atoms with Gasteiger partial charge >= 0.3 is 0 Å². The van der Waals surface area contributed by atoms with Crippen LogP contribution in [0.3, 0.4) is 0 Å². The summed E-state index contributed by atoms with van der Waals surface area (Å²) in [4.78, 5) is 11.9. The Kier molecular flexibility index (Phi) is 3.09. The third-order valence-corrected chi connectivity index (χ3v) is 3.30. The molecule has 0 bridgehead atoms. The minimum atomic E-state index is -0.249. The van der Waals surface area contributed by atoms with Crippen LogP contribution in [-0.2, 0) is 0 Å². The van der Waals surface area contributed by atoms with Crippen molar-refractivity contribution in [1.29, 1.82) is 0 Å². The molecule has 0 atom stereocenters. The fourth-order valence-electron chi connectivity index (χ4n) is 1.89. The second-order valence-electron chi connectivity index (χ2n) is 4.14. The van der Waals surface area contributed by atoms with Crippen LogP contribution in [0, 0.1) is 0 Å². The Labute approximate surface area is 118 Å². The summed E-state index contributed by atoms with van der Waals surface area (Å²) in [6, 6.07) is 15.1. The second kappa shape index (κ2) is 4.90. The van der Waals surface area contributed by atoms with Crippen LogP contribution in [0.2, 0.25) is 0 Å². The lowest BCUT2D eigenvalue weighted by Gasteiger charge is -2.05. The van der Waals surface area contributed by atoms with E-state index in [2.05, 4.69) is 21.2 Å². The molecule has 0 unspecified atom stereocenters. The fourth-order valence-corrected chi connectivity index (χ4v) is 2.27. The molecule has 94 valence electrons. The Bertz CT molecular complexity index is 735. The van der Waals surface area contributed by atoms with Gasteiger partial charge in [0, 0.05) is 10.2 Å². The number of nitrogens with one attached hydrogen (secondary N) is 1. The molecule has 3 nitrogen and oxygen atoms in total. The highest BCUT2D eigenvalue weighted by atomic mass is 79.9. The van der Waals surface area contributed by atoms with Gasteiger partial charge in [0.25, 0.3) is 5.91 Å². The summed E-state index contributed by atoms with van der Waals surface area (Å²) < 4.78 is 6.09. The number of carbonyl (C=O) groups excluding carboxylic acids is 1. The first-order chi connectivity index (χ1) is 9.22. The zero-order valence-electron chi connectivity index (χ0n) is 9.89. The fraction of sp³-hybridized carbons (Fsp3) is 0. The summed E-state index contributed by atoms with van der Waals surface area (Å²) >= 11 is 3.44. The average Bonchev–Trinajstić information content (AvgIpc) is 2.93. The van der Waals surface area contributed by atoms with Crippen molar-refractivity contribution in [2.45, 2.75) is 0 Å². The molecule has 19 heavy (non-hydrogen) atoms. The number of fused-ring (bicyclic) bond motifs is 1. The van der Waals surface area contributed by atoms with Crippen molar-refractivity contribution in [3.05, 3.63) is 65.0 Å². The molecule has 3 aromatic rings. The van der Waals surface area contributed by atoms with E-state index in [1.54, 1.807) is 12.1 Å². The van der Waals surface area contributed by atoms with Crippen LogP contribution < -0.4 is 5.32 Å². The van der Waals surface area contributed by atoms with E-state index in [4.69, 9.17) is 4.42 Å². The Morgan fingerprint density at radius 3 is 2.63 bits per heavy atom. The number of hydrogen-bond donors (Lipinski definition) is 1. The Morgan fingerprint density at radius 1 is 1.05 bits per heavy atom. The number of amides is 1. The van der Waals surface area contributed by atoms with Gasteiger partial charge in [-0.15, -0.1) is 0 Å². The normalized spacial score (nSPS) is 10.6. The smallest absolute Gasteiger partial charge is 0.291 e. The van der Waals surface area contributed by atoms with Gasteiger partial charge in [-0.2, -0.15) is 0 Å². The van der Waals surface area contributed by atoms with Crippen LogP contribution in [0.15, 0.2) is 63.7 Å². The lowest BCUT2D eigenvalue weighted by Crippen LogP contribution is -2.10. The molecule has 1 N–H and O–H groups in total. The summed E-state index contributed by atoms with van der Waals surface area (Å²) in [5.74, 6) is 0.0531. The van der Waals surface area contributed by atoms with E-state index in [0.717, 1.165) is 20.9 Å². The number of furan rings is 1. The highest BCUT2D eigenvalue weighted by molar-refractivity contribution is 9.10. The number of anilines is 1. The van der Waals surface area contributed by atoms with Crippen LogP contribution >= 0.6 is 15.9 Å². The van der Waals surface area contributed by atoms with Gasteiger partial charge in [-0.25, -0.2) is 0 Å². The van der Waals surface area contributed by atoms with Crippen molar-refractivity contribution in [2.24, 2.45) is 0 Å². The number of hydrogen-bond acceptors (Lipinski definition) is 2. The molecule has 0 aliphatic rings. The standard InChI is InChI=1S/C15H10BrNO2/c16-12-5-3-11-9-13(6-4-10(11)8-12)17-15(18)14-2-1-7-19-14/h1-9H,(H,17,18). The molecule has 4 heteroatoms.